The third-order valence-corrected chi connectivity index (χ3v) is 2.91. The molecule has 0 radical (unpaired) electrons. The van der Waals surface area contributed by atoms with Crippen LogP contribution in [-0.2, 0) is 10.4 Å². The molecule has 0 aromatic carbocycles. The van der Waals surface area contributed by atoms with E-state index >= 15 is 0 Å². The second-order valence-corrected chi connectivity index (χ2v) is 11.2. The number of aliphatic hydroxyl groups excluding tert-OH is 6. The van der Waals surface area contributed by atoms with Crippen molar-refractivity contribution in [1.29, 1.82) is 0 Å². The van der Waals surface area contributed by atoms with Gasteiger partial charge in [-0.25, -0.2) is 0 Å². The van der Waals surface area contributed by atoms with Gasteiger partial charge < -0.3 is 65.6 Å². The number of nitrogens with zero attached hydrogens (tertiary/aromatic N) is 3. The van der Waals surface area contributed by atoms with E-state index in [0.717, 1.165) is 0 Å². The van der Waals surface area contributed by atoms with E-state index in [1.54, 1.807) is 0 Å². The Kier molecular flexibility index (Phi) is 26.1. The third-order valence-electron chi connectivity index (χ3n) is 2.91. The van der Waals surface area contributed by atoms with Gasteiger partial charge in [0.15, 0.2) is 0 Å². The summed E-state index contributed by atoms with van der Waals surface area (Å²) in [6.45, 7) is 1.35. The van der Waals surface area contributed by atoms with Gasteiger partial charge in [0, 0.05) is 10.4 Å². The molecule has 0 saturated heterocycles. The lowest BCUT2D eigenvalue weighted by atomic mass is 10.3. The van der Waals surface area contributed by atoms with Gasteiger partial charge in [0.2, 0.25) is 0 Å². The molecule has 33 heavy (non-hydrogen) atoms. The Hall–Kier alpha value is -0.200. The van der Waals surface area contributed by atoms with Gasteiger partial charge in [-0.3, -0.25) is 8.42 Å². The molecule has 6 N–H and O–H groups in total. The summed E-state index contributed by atoms with van der Waals surface area (Å²) >= 11 is 0. The zero-order chi connectivity index (χ0) is 27.0. The molecule has 0 aromatic rings. The van der Waals surface area contributed by atoms with Crippen LogP contribution >= 0.6 is 0 Å². The van der Waals surface area contributed by atoms with E-state index in [9.17, 15) is 0 Å². The molecule has 0 spiro atoms. The lowest BCUT2D eigenvalue weighted by Crippen LogP contribution is -3.00. The maximum Gasteiger partial charge on any atom is 0.126 e. The molecule has 0 aliphatic carbocycles. The van der Waals surface area contributed by atoms with Crippen molar-refractivity contribution in [3.63, 3.8) is 0 Å². The number of halogens is 1. The molecule has 0 amide bonds. The van der Waals surface area contributed by atoms with Crippen molar-refractivity contribution in [3.8, 4) is 0 Å². The maximum atomic E-state index is 8.93. The second-order valence-electron chi connectivity index (χ2n) is 10.3. The van der Waals surface area contributed by atoms with Crippen LogP contribution in [0.15, 0.2) is 0 Å². The molecule has 3 atom stereocenters. The molecule has 0 saturated carbocycles. The Morgan fingerprint density at radius 2 is 0.697 bits per heavy atom. The fourth-order valence-corrected chi connectivity index (χ4v) is 2.07. The SMILES string of the molecule is C[N+](C)(C)CC(O)CO.C[N+](C)(C)CC(O)CO.C[N+](C)(C)CC(O)CO.O=S(=O)([O-])[O-].[Cl-]. The number of quaternary nitrogens is 3. The summed E-state index contributed by atoms with van der Waals surface area (Å²) in [5, 5.41) is 52.1. The minimum absolute atomic E-state index is 0. The van der Waals surface area contributed by atoms with Crippen LogP contribution in [0, 0.1) is 0 Å². The molecule has 0 aliphatic rings. The highest BCUT2D eigenvalue weighted by molar-refractivity contribution is 7.79. The largest absolute Gasteiger partial charge is 1.00 e. The van der Waals surface area contributed by atoms with E-state index in [2.05, 4.69) is 0 Å². The standard InChI is InChI=1S/3C6H16NO2.ClH.H2O4S/c3*1-7(2,3)4-6(9)5-8;;1-5(2,3)4/h3*6,8-9H,4-5H2,1-3H3;1H;(H2,1,2,3,4)/q3*+1;;/p-3. The Labute approximate surface area is 205 Å². The highest BCUT2D eigenvalue weighted by atomic mass is 35.5. The van der Waals surface area contributed by atoms with Gasteiger partial charge in [-0.05, 0) is 0 Å². The number of hydrogen-bond donors (Lipinski definition) is 6. The maximum absolute atomic E-state index is 8.93. The fourth-order valence-electron chi connectivity index (χ4n) is 2.07. The Morgan fingerprint density at radius 1 is 0.576 bits per heavy atom. The normalized spacial score (nSPS) is 14.6. The highest BCUT2D eigenvalue weighted by Crippen LogP contribution is 1.94. The summed E-state index contributed by atoms with van der Waals surface area (Å²) in [7, 11) is 12.6. The minimum Gasteiger partial charge on any atom is -1.00 e. The van der Waals surface area contributed by atoms with E-state index in [4.69, 9.17) is 48.2 Å². The van der Waals surface area contributed by atoms with Gasteiger partial charge >= 0.3 is 0 Å². The topological polar surface area (TPSA) is 202 Å². The van der Waals surface area contributed by atoms with Crippen molar-refractivity contribution in [2.45, 2.75) is 18.3 Å². The van der Waals surface area contributed by atoms with Crippen LogP contribution < -0.4 is 12.4 Å². The van der Waals surface area contributed by atoms with Gasteiger partial charge in [-0.2, -0.15) is 0 Å². The van der Waals surface area contributed by atoms with Crippen molar-refractivity contribution < 1.29 is 74.0 Å². The van der Waals surface area contributed by atoms with E-state index in [-0.39, 0.29) is 32.2 Å². The first-order chi connectivity index (χ1) is 13.9. The van der Waals surface area contributed by atoms with Crippen LogP contribution in [0.5, 0.6) is 0 Å². The fraction of sp³-hybridized carbons (Fsp3) is 1.00. The molecule has 0 bridgehead atoms. The van der Waals surface area contributed by atoms with Gasteiger partial charge in [0.25, 0.3) is 0 Å². The zero-order valence-corrected chi connectivity index (χ0v) is 23.0. The minimum atomic E-state index is -5.17. The van der Waals surface area contributed by atoms with Crippen molar-refractivity contribution in [2.75, 3.05) is 103 Å². The number of rotatable bonds is 9. The molecule has 0 heterocycles. The highest BCUT2D eigenvalue weighted by Gasteiger charge is 2.14. The average molecular weight is 534 g/mol. The first-order valence-corrected chi connectivity index (χ1v) is 11.1. The molecule has 0 aromatic heterocycles. The molecule has 0 rings (SSSR count). The smallest absolute Gasteiger partial charge is 0.126 e. The molecule has 0 aliphatic heterocycles. The first kappa shape index (κ1) is 42.9. The van der Waals surface area contributed by atoms with Crippen LogP contribution in [0.25, 0.3) is 0 Å². The summed E-state index contributed by atoms with van der Waals surface area (Å²) in [5.74, 6) is 0. The molecular formula is C18H48ClN3O10S. The van der Waals surface area contributed by atoms with Gasteiger partial charge in [0.1, 0.15) is 37.9 Å². The first-order valence-electron chi connectivity index (χ1n) is 9.81. The zero-order valence-electron chi connectivity index (χ0n) is 21.4. The molecule has 3 unspecified atom stereocenters. The van der Waals surface area contributed by atoms with Crippen LogP contribution in [0.3, 0.4) is 0 Å². The Morgan fingerprint density at radius 3 is 0.727 bits per heavy atom. The van der Waals surface area contributed by atoms with E-state index in [1.165, 1.54) is 0 Å². The Balaban J connectivity index is -0.000000107. The van der Waals surface area contributed by atoms with Crippen molar-refractivity contribution >= 4 is 10.4 Å². The van der Waals surface area contributed by atoms with Crippen LogP contribution in [0.4, 0.5) is 0 Å². The second kappa shape index (κ2) is 20.0. The number of hydrogen-bond acceptors (Lipinski definition) is 10. The van der Waals surface area contributed by atoms with Crippen LogP contribution in [0.2, 0.25) is 0 Å². The lowest BCUT2D eigenvalue weighted by Gasteiger charge is -2.25. The van der Waals surface area contributed by atoms with Crippen molar-refractivity contribution in [3.05, 3.63) is 0 Å². The van der Waals surface area contributed by atoms with E-state index < -0.39 is 28.7 Å². The van der Waals surface area contributed by atoms with Crippen molar-refractivity contribution in [2.24, 2.45) is 0 Å². The van der Waals surface area contributed by atoms with Crippen LogP contribution in [0.1, 0.15) is 0 Å². The van der Waals surface area contributed by atoms with Gasteiger partial charge in [-0.15, -0.1) is 0 Å². The molecule has 15 heteroatoms. The van der Waals surface area contributed by atoms with E-state index in [0.29, 0.717) is 33.1 Å². The van der Waals surface area contributed by atoms with E-state index in [1.807, 2.05) is 63.4 Å². The van der Waals surface area contributed by atoms with Gasteiger partial charge in [0.05, 0.1) is 83.2 Å². The quantitative estimate of drug-likeness (QED) is 0.0938. The predicted molar refractivity (Wildman–Crippen MR) is 118 cm³/mol. The average Bonchev–Trinajstić information content (AvgIpc) is 2.49. The summed E-state index contributed by atoms with van der Waals surface area (Å²) in [4.78, 5) is 0. The lowest BCUT2D eigenvalue weighted by molar-refractivity contribution is -0.873. The summed E-state index contributed by atoms with van der Waals surface area (Å²) in [5.41, 5.74) is 0. The van der Waals surface area contributed by atoms with Crippen molar-refractivity contribution in [1.82, 2.24) is 0 Å². The summed E-state index contributed by atoms with van der Waals surface area (Å²) in [6.07, 6.45) is -1.74. The monoisotopic (exact) mass is 533 g/mol. The third kappa shape index (κ3) is 65.3. The molecule has 0 fully saturated rings. The number of likely N-dealkylation sites (N-methyl/N-ethyl adjacent to an activating group) is 3. The molecule has 208 valence electrons. The van der Waals surface area contributed by atoms with Gasteiger partial charge in [-0.1, -0.05) is 0 Å². The molecular weight excluding hydrogens is 486 g/mol. The molecule has 13 nitrogen and oxygen atoms in total. The summed E-state index contributed by atoms with van der Waals surface area (Å²) < 4.78 is 36.1. The Bertz CT molecular complexity index is 475. The number of aliphatic hydroxyl groups is 6. The van der Waals surface area contributed by atoms with Crippen LogP contribution in [-0.4, -0.2) is 183 Å². The predicted octanol–water partition coefficient (Wildman–Crippen LogP) is -7.20. The summed E-state index contributed by atoms with van der Waals surface area (Å²) in [6, 6.07) is 0.